The summed E-state index contributed by atoms with van der Waals surface area (Å²) in [5.41, 5.74) is 2.67. The molecule has 158 valence electrons. The standard InChI is InChI=1S/C23H26N2O4S/c1-17-11-12-22(18(2)15-17)29-14-13-24-23(26)16-25(30(3,27)28)21-10-6-8-19-7-4-5-9-20(19)21/h4-12,15H,13-14,16H2,1-3H3,(H,24,26). The molecule has 30 heavy (non-hydrogen) atoms. The predicted molar refractivity (Wildman–Crippen MR) is 121 cm³/mol. The third-order valence-corrected chi connectivity index (χ3v) is 5.86. The molecule has 3 aromatic rings. The van der Waals surface area contributed by atoms with Gasteiger partial charge in [-0.05, 0) is 36.9 Å². The van der Waals surface area contributed by atoms with Gasteiger partial charge >= 0.3 is 0 Å². The normalized spacial score (nSPS) is 11.3. The number of aryl methyl sites for hydroxylation is 2. The molecule has 0 radical (unpaired) electrons. The van der Waals surface area contributed by atoms with Gasteiger partial charge in [-0.3, -0.25) is 9.10 Å². The van der Waals surface area contributed by atoms with Crippen LogP contribution in [0.2, 0.25) is 0 Å². The van der Waals surface area contributed by atoms with E-state index in [-0.39, 0.29) is 13.1 Å². The van der Waals surface area contributed by atoms with Gasteiger partial charge in [-0.2, -0.15) is 0 Å². The molecule has 0 saturated carbocycles. The van der Waals surface area contributed by atoms with E-state index in [0.29, 0.717) is 12.3 Å². The zero-order valence-electron chi connectivity index (χ0n) is 17.4. The quantitative estimate of drug-likeness (QED) is 0.560. The number of fused-ring (bicyclic) bond motifs is 1. The highest BCUT2D eigenvalue weighted by atomic mass is 32.2. The number of hydrogen-bond donors (Lipinski definition) is 1. The Morgan fingerprint density at radius 1 is 1.03 bits per heavy atom. The van der Waals surface area contributed by atoms with Crippen molar-refractivity contribution in [1.29, 1.82) is 0 Å². The maximum absolute atomic E-state index is 12.5. The Balaban J connectivity index is 1.65. The number of carbonyl (C=O) groups is 1. The molecule has 0 saturated heterocycles. The van der Waals surface area contributed by atoms with Crippen molar-refractivity contribution in [2.75, 3.05) is 30.3 Å². The first-order valence-corrected chi connectivity index (χ1v) is 11.5. The highest BCUT2D eigenvalue weighted by Gasteiger charge is 2.22. The van der Waals surface area contributed by atoms with Gasteiger partial charge in [0.2, 0.25) is 15.9 Å². The number of nitrogens with one attached hydrogen (secondary N) is 1. The molecule has 1 N–H and O–H groups in total. The maximum Gasteiger partial charge on any atom is 0.240 e. The van der Waals surface area contributed by atoms with Crippen LogP contribution in [0.1, 0.15) is 11.1 Å². The van der Waals surface area contributed by atoms with Gasteiger partial charge in [-0.25, -0.2) is 8.42 Å². The van der Waals surface area contributed by atoms with Crippen molar-refractivity contribution in [2.24, 2.45) is 0 Å². The molecule has 0 spiro atoms. The lowest BCUT2D eigenvalue weighted by molar-refractivity contribution is -0.119. The van der Waals surface area contributed by atoms with Crippen LogP contribution in [0.3, 0.4) is 0 Å². The van der Waals surface area contributed by atoms with Gasteiger partial charge in [-0.15, -0.1) is 0 Å². The number of carbonyl (C=O) groups excluding carboxylic acids is 1. The summed E-state index contributed by atoms with van der Waals surface area (Å²) < 4.78 is 31.7. The summed E-state index contributed by atoms with van der Waals surface area (Å²) in [7, 11) is -3.65. The predicted octanol–water partition coefficient (Wildman–Crippen LogP) is 3.42. The second-order valence-corrected chi connectivity index (χ2v) is 9.14. The van der Waals surface area contributed by atoms with E-state index in [9.17, 15) is 13.2 Å². The Morgan fingerprint density at radius 2 is 1.77 bits per heavy atom. The number of amides is 1. The van der Waals surface area contributed by atoms with Crippen LogP contribution in [-0.2, 0) is 14.8 Å². The van der Waals surface area contributed by atoms with E-state index >= 15 is 0 Å². The van der Waals surface area contributed by atoms with E-state index in [2.05, 4.69) is 5.32 Å². The molecule has 0 unspecified atom stereocenters. The van der Waals surface area contributed by atoms with Crippen LogP contribution in [0, 0.1) is 13.8 Å². The molecule has 6 nitrogen and oxygen atoms in total. The van der Waals surface area contributed by atoms with E-state index in [1.54, 1.807) is 12.1 Å². The van der Waals surface area contributed by atoms with Gasteiger partial charge < -0.3 is 10.1 Å². The summed E-state index contributed by atoms with van der Waals surface area (Å²) in [6, 6.07) is 18.8. The van der Waals surface area contributed by atoms with Crippen molar-refractivity contribution in [1.82, 2.24) is 5.32 Å². The topological polar surface area (TPSA) is 75.7 Å². The minimum atomic E-state index is -3.65. The van der Waals surface area contributed by atoms with Gasteiger partial charge in [0.1, 0.15) is 18.9 Å². The second-order valence-electron chi connectivity index (χ2n) is 7.24. The Bertz CT molecular complexity index is 1150. The fourth-order valence-corrected chi connectivity index (χ4v) is 4.17. The Kier molecular flexibility index (Phi) is 6.62. The molecular weight excluding hydrogens is 400 g/mol. The zero-order chi connectivity index (χ0) is 21.7. The molecule has 0 aliphatic rings. The van der Waals surface area contributed by atoms with Gasteiger partial charge in [0.25, 0.3) is 0 Å². The number of benzene rings is 3. The lowest BCUT2D eigenvalue weighted by atomic mass is 10.1. The largest absolute Gasteiger partial charge is 0.491 e. The fourth-order valence-electron chi connectivity index (χ4n) is 3.31. The van der Waals surface area contributed by atoms with Gasteiger partial charge in [0, 0.05) is 5.39 Å². The lowest BCUT2D eigenvalue weighted by Crippen LogP contribution is -2.41. The average molecular weight is 427 g/mol. The first-order valence-electron chi connectivity index (χ1n) is 9.68. The number of ether oxygens (including phenoxy) is 1. The summed E-state index contributed by atoms with van der Waals surface area (Å²) >= 11 is 0. The summed E-state index contributed by atoms with van der Waals surface area (Å²) in [6.45, 7) is 4.26. The number of sulfonamides is 1. The minimum Gasteiger partial charge on any atom is -0.491 e. The third kappa shape index (κ3) is 5.30. The SMILES string of the molecule is Cc1ccc(OCCNC(=O)CN(c2cccc3ccccc23)S(C)(=O)=O)c(C)c1. The molecule has 1 amide bonds. The Hall–Kier alpha value is -3.06. The molecule has 3 aromatic carbocycles. The summed E-state index contributed by atoms with van der Waals surface area (Å²) in [5.74, 6) is 0.376. The third-order valence-electron chi connectivity index (χ3n) is 4.74. The first-order chi connectivity index (χ1) is 14.3. The van der Waals surface area contributed by atoms with E-state index in [4.69, 9.17) is 4.74 Å². The molecule has 0 aliphatic heterocycles. The van der Waals surface area contributed by atoms with Crippen LogP contribution in [0.5, 0.6) is 5.75 Å². The molecule has 3 rings (SSSR count). The Labute approximate surface area is 177 Å². The molecule has 0 atom stereocenters. The lowest BCUT2D eigenvalue weighted by Gasteiger charge is -2.23. The first kappa shape index (κ1) is 21.6. The molecular formula is C23H26N2O4S. The molecule has 0 heterocycles. The van der Waals surface area contributed by atoms with Gasteiger partial charge in [0.15, 0.2) is 0 Å². The van der Waals surface area contributed by atoms with Crippen LogP contribution < -0.4 is 14.4 Å². The maximum atomic E-state index is 12.5. The van der Waals surface area contributed by atoms with Crippen LogP contribution in [0.4, 0.5) is 5.69 Å². The number of anilines is 1. The monoisotopic (exact) mass is 426 g/mol. The highest BCUT2D eigenvalue weighted by molar-refractivity contribution is 7.92. The minimum absolute atomic E-state index is 0.277. The molecule has 0 bridgehead atoms. The number of rotatable bonds is 8. The smallest absolute Gasteiger partial charge is 0.240 e. The van der Waals surface area contributed by atoms with Gasteiger partial charge in [0.05, 0.1) is 18.5 Å². The summed E-state index contributed by atoms with van der Waals surface area (Å²) in [6.07, 6.45) is 1.10. The molecule has 0 aromatic heterocycles. The summed E-state index contributed by atoms with van der Waals surface area (Å²) in [5, 5.41) is 4.42. The van der Waals surface area contributed by atoms with Crippen molar-refractivity contribution in [3.05, 3.63) is 71.8 Å². The molecule has 7 heteroatoms. The Morgan fingerprint density at radius 3 is 2.50 bits per heavy atom. The van der Waals surface area contributed by atoms with Crippen LogP contribution in [0.25, 0.3) is 10.8 Å². The van der Waals surface area contributed by atoms with E-state index in [1.165, 1.54) is 0 Å². The molecule has 0 aliphatic carbocycles. The van der Waals surface area contributed by atoms with Crippen molar-refractivity contribution >= 4 is 32.4 Å². The zero-order valence-corrected chi connectivity index (χ0v) is 18.2. The highest BCUT2D eigenvalue weighted by Crippen LogP contribution is 2.28. The van der Waals surface area contributed by atoms with Crippen molar-refractivity contribution < 1.29 is 17.9 Å². The summed E-state index contributed by atoms with van der Waals surface area (Å²) in [4.78, 5) is 12.5. The average Bonchev–Trinajstić information content (AvgIpc) is 2.69. The van der Waals surface area contributed by atoms with E-state index in [1.807, 2.05) is 62.4 Å². The van der Waals surface area contributed by atoms with Crippen LogP contribution in [-0.4, -0.2) is 40.3 Å². The van der Waals surface area contributed by atoms with E-state index in [0.717, 1.165) is 38.2 Å². The van der Waals surface area contributed by atoms with E-state index < -0.39 is 15.9 Å². The van der Waals surface area contributed by atoms with Crippen molar-refractivity contribution in [2.45, 2.75) is 13.8 Å². The fraction of sp³-hybridized carbons (Fsp3) is 0.261. The van der Waals surface area contributed by atoms with Gasteiger partial charge in [-0.1, -0.05) is 54.1 Å². The number of hydrogen-bond acceptors (Lipinski definition) is 4. The number of nitrogens with zero attached hydrogens (tertiary/aromatic N) is 1. The molecule has 0 fully saturated rings. The van der Waals surface area contributed by atoms with Crippen LogP contribution in [0.15, 0.2) is 60.7 Å². The van der Waals surface area contributed by atoms with Crippen LogP contribution >= 0.6 is 0 Å². The van der Waals surface area contributed by atoms with Crippen molar-refractivity contribution in [3.8, 4) is 5.75 Å². The van der Waals surface area contributed by atoms with Crippen molar-refractivity contribution in [3.63, 3.8) is 0 Å². The second kappa shape index (κ2) is 9.17.